The van der Waals surface area contributed by atoms with Gasteiger partial charge in [-0.25, -0.2) is 15.0 Å². The summed E-state index contributed by atoms with van der Waals surface area (Å²) in [5.74, 6) is 0.281. The fourth-order valence-corrected chi connectivity index (χ4v) is 3.16. The summed E-state index contributed by atoms with van der Waals surface area (Å²) in [6.45, 7) is 3.79. The maximum Gasteiger partial charge on any atom is 0.275 e. The number of nitrogens with zero attached hydrogens (tertiary/aromatic N) is 4. The van der Waals surface area contributed by atoms with Crippen LogP contribution in [-0.4, -0.2) is 32.1 Å². The highest BCUT2D eigenvalue weighted by Gasteiger charge is 2.13. The molecular weight excluding hydrogens is 392 g/mol. The van der Waals surface area contributed by atoms with Crippen molar-refractivity contribution < 1.29 is 9.59 Å². The van der Waals surface area contributed by atoms with Gasteiger partial charge in [0, 0.05) is 17.3 Å². The minimum absolute atomic E-state index is 0.127. The van der Waals surface area contributed by atoms with E-state index in [0.717, 1.165) is 16.6 Å². The molecule has 8 heteroatoms. The molecule has 1 amide bonds. The highest BCUT2D eigenvalue weighted by atomic mass is 16.1. The van der Waals surface area contributed by atoms with Crippen molar-refractivity contribution in [3.05, 3.63) is 83.7 Å². The van der Waals surface area contributed by atoms with Gasteiger partial charge in [0.15, 0.2) is 0 Å². The third-order valence-electron chi connectivity index (χ3n) is 4.79. The minimum atomic E-state index is -0.329. The van der Waals surface area contributed by atoms with Gasteiger partial charge in [0.2, 0.25) is 6.29 Å². The standard InChI is InChI=1S/C23H19N6O2/c1-14-10-25-20(11-24-14)23(31)29-18-7-3-5-16(9-18)15(2)28-22-19-8-4-6-17(12-30)21(19)26-13-27-22/h3-11,13,15H,1-2H3,(H,29,31)(H,26,27,28). The first-order chi connectivity index (χ1) is 15.0. The normalized spacial score (nSPS) is 11.7. The van der Waals surface area contributed by atoms with E-state index in [4.69, 9.17) is 0 Å². The summed E-state index contributed by atoms with van der Waals surface area (Å²) in [7, 11) is 0. The summed E-state index contributed by atoms with van der Waals surface area (Å²) in [6.07, 6.45) is 6.32. The van der Waals surface area contributed by atoms with Gasteiger partial charge < -0.3 is 10.6 Å². The fraction of sp³-hybridized carbons (Fsp3) is 0.130. The molecule has 8 nitrogen and oxygen atoms in total. The number of fused-ring (bicyclic) bond motifs is 1. The molecule has 2 aromatic carbocycles. The first-order valence-corrected chi connectivity index (χ1v) is 9.63. The first-order valence-electron chi connectivity index (χ1n) is 9.63. The lowest BCUT2D eigenvalue weighted by atomic mass is 10.1. The summed E-state index contributed by atoms with van der Waals surface area (Å²) >= 11 is 0. The van der Waals surface area contributed by atoms with Gasteiger partial charge in [-0.3, -0.25) is 14.6 Å². The third-order valence-corrected chi connectivity index (χ3v) is 4.79. The second-order valence-electron chi connectivity index (χ2n) is 7.01. The number of aryl methyl sites for hydroxylation is 1. The van der Waals surface area contributed by atoms with Crippen molar-refractivity contribution in [3.63, 3.8) is 0 Å². The Balaban J connectivity index is 1.54. The van der Waals surface area contributed by atoms with E-state index in [1.165, 1.54) is 12.5 Å². The number of carbonyl (C=O) groups excluding carboxylic acids is 2. The average Bonchev–Trinajstić information content (AvgIpc) is 2.79. The summed E-state index contributed by atoms with van der Waals surface area (Å²) in [5.41, 5.74) is 3.51. The molecule has 0 aliphatic heterocycles. The quantitative estimate of drug-likeness (QED) is 0.499. The SMILES string of the molecule is Cc1cnc(C(=O)Nc2cccc(C(C)Nc3ncnc4c([C]=O)cccc34)c2)cn1. The smallest absolute Gasteiger partial charge is 0.275 e. The molecule has 0 aliphatic rings. The van der Waals surface area contributed by atoms with E-state index in [2.05, 4.69) is 30.6 Å². The van der Waals surface area contributed by atoms with Crippen LogP contribution in [0.2, 0.25) is 0 Å². The highest BCUT2D eigenvalue weighted by Crippen LogP contribution is 2.26. The van der Waals surface area contributed by atoms with Crippen LogP contribution >= 0.6 is 0 Å². The molecule has 1 unspecified atom stereocenters. The lowest BCUT2D eigenvalue weighted by Gasteiger charge is -2.17. The zero-order valence-electron chi connectivity index (χ0n) is 17.0. The van der Waals surface area contributed by atoms with Gasteiger partial charge >= 0.3 is 0 Å². The molecule has 0 spiro atoms. The largest absolute Gasteiger partial charge is 0.363 e. The number of hydrogen-bond donors (Lipinski definition) is 2. The van der Waals surface area contributed by atoms with Crippen LogP contribution in [0, 0.1) is 6.92 Å². The van der Waals surface area contributed by atoms with E-state index >= 15 is 0 Å². The van der Waals surface area contributed by atoms with Crippen LogP contribution in [0.4, 0.5) is 11.5 Å². The van der Waals surface area contributed by atoms with Crippen LogP contribution in [0.25, 0.3) is 10.9 Å². The maximum absolute atomic E-state index is 12.4. The predicted molar refractivity (Wildman–Crippen MR) is 118 cm³/mol. The number of aromatic nitrogens is 4. The van der Waals surface area contributed by atoms with Crippen LogP contribution < -0.4 is 10.6 Å². The Morgan fingerprint density at radius 1 is 1.03 bits per heavy atom. The Morgan fingerprint density at radius 2 is 1.87 bits per heavy atom. The van der Waals surface area contributed by atoms with Crippen molar-refractivity contribution in [2.75, 3.05) is 10.6 Å². The molecule has 0 fully saturated rings. The Kier molecular flexibility index (Phi) is 5.61. The molecule has 31 heavy (non-hydrogen) atoms. The number of anilines is 2. The van der Waals surface area contributed by atoms with Crippen LogP contribution in [0.15, 0.2) is 61.2 Å². The van der Waals surface area contributed by atoms with Crippen LogP contribution in [-0.2, 0) is 4.79 Å². The average molecular weight is 411 g/mol. The van der Waals surface area contributed by atoms with Crippen molar-refractivity contribution >= 4 is 34.6 Å². The summed E-state index contributed by atoms with van der Waals surface area (Å²) < 4.78 is 0. The monoisotopic (exact) mass is 411 g/mol. The van der Waals surface area contributed by atoms with Gasteiger partial charge in [0.1, 0.15) is 17.8 Å². The summed E-state index contributed by atoms with van der Waals surface area (Å²) in [4.78, 5) is 40.3. The molecule has 2 aromatic heterocycles. The van der Waals surface area contributed by atoms with Crippen LogP contribution in [0.3, 0.4) is 0 Å². The molecule has 4 aromatic rings. The van der Waals surface area contributed by atoms with Crippen molar-refractivity contribution in [1.29, 1.82) is 0 Å². The zero-order chi connectivity index (χ0) is 21.8. The molecule has 1 atom stereocenters. The summed E-state index contributed by atoms with van der Waals surface area (Å²) in [5, 5.41) is 6.93. The number of hydrogen-bond acceptors (Lipinski definition) is 7. The Bertz CT molecular complexity index is 1260. The number of nitrogens with one attached hydrogen (secondary N) is 2. The third kappa shape index (κ3) is 4.37. The molecule has 0 bridgehead atoms. The zero-order valence-corrected chi connectivity index (χ0v) is 17.0. The van der Waals surface area contributed by atoms with Gasteiger partial charge in [0.05, 0.1) is 29.0 Å². The topological polar surface area (TPSA) is 110 Å². The van der Waals surface area contributed by atoms with Crippen molar-refractivity contribution in [3.8, 4) is 0 Å². The number of carbonyl (C=O) groups is 1. The second kappa shape index (κ2) is 8.66. The summed E-state index contributed by atoms with van der Waals surface area (Å²) in [6, 6.07) is 12.7. The Labute approximate surface area is 178 Å². The maximum atomic E-state index is 12.4. The van der Waals surface area contributed by atoms with Gasteiger partial charge in [0.25, 0.3) is 5.91 Å². The van der Waals surface area contributed by atoms with Gasteiger partial charge in [-0.1, -0.05) is 18.2 Å². The van der Waals surface area contributed by atoms with E-state index in [1.54, 1.807) is 18.3 Å². The Morgan fingerprint density at radius 3 is 2.65 bits per heavy atom. The molecule has 0 saturated carbocycles. The van der Waals surface area contributed by atoms with E-state index in [-0.39, 0.29) is 17.6 Å². The molecule has 2 heterocycles. The highest BCUT2D eigenvalue weighted by molar-refractivity contribution is 6.02. The number of amides is 1. The van der Waals surface area contributed by atoms with Crippen LogP contribution in [0.5, 0.6) is 0 Å². The second-order valence-corrected chi connectivity index (χ2v) is 7.01. The predicted octanol–water partition coefficient (Wildman–Crippen LogP) is 3.61. The lowest BCUT2D eigenvalue weighted by molar-refractivity contribution is 0.102. The van der Waals surface area contributed by atoms with E-state index < -0.39 is 0 Å². The minimum Gasteiger partial charge on any atom is -0.363 e. The van der Waals surface area contributed by atoms with E-state index in [9.17, 15) is 9.59 Å². The van der Waals surface area contributed by atoms with Crippen molar-refractivity contribution in [1.82, 2.24) is 19.9 Å². The molecule has 0 aliphatic carbocycles. The van der Waals surface area contributed by atoms with Crippen LogP contribution in [0.1, 0.15) is 40.3 Å². The Hall–Kier alpha value is -4.20. The fourth-order valence-electron chi connectivity index (χ4n) is 3.16. The van der Waals surface area contributed by atoms with Gasteiger partial charge in [-0.15, -0.1) is 0 Å². The molecular formula is C23H19N6O2. The first kappa shape index (κ1) is 20.1. The van der Waals surface area contributed by atoms with Crippen molar-refractivity contribution in [2.24, 2.45) is 0 Å². The number of para-hydroxylation sites is 1. The van der Waals surface area contributed by atoms with Gasteiger partial charge in [-0.2, -0.15) is 0 Å². The van der Waals surface area contributed by atoms with Crippen molar-refractivity contribution in [2.45, 2.75) is 19.9 Å². The van der Waals surface area contributed by atoms with E-state index in [1.807, 2.05) is 50.5 Å². The van der Waals surface area contributed by atoms with E-state index in [0.29, 0.717) is 22.6 Å². The molecule has 0 saturated heterocycles. The number of benzene rings is 2. The molecule has 2 N–H and O–H groups in total. The number of rotatable bonds is 6. The molecule has 1 radical (unpaired) electrons. The molecule has 4 rings (SSSR count). The molecule has 153 valence electrons. The van der Waals surface area contributed by atoms with Gasteiger partial charge in [-0.05, 0) is 43.7 Å². The lowest BCUT2D eigenvalue weighted by Crippen LogP contribution is -2.15.